The lowest BCUT2D eigenvalue weighted by molar-refractivity contribution is -0.155. The summed E-state index contributed by atoms with van der Waals surface area (Å²) in [5.41, 5.74) is -1.67. The van der Waals surface area contributed by atoms with Crippen LogP contribution in [0.25, 0.3) is 0 Å². The Hall–Kier alpha value is -3.17. The van der Waals surface area contributed by atoms with Gasteiger partial charge in [0.1, 0.15) is 17.4 Å². The number of rotatable bonds is 10. The standard InChI is InChI=1S/C32H43N3O6/c1-5-9-18-33-19-11-17-32-26(29(38)35(22(6-2)21-36)27(32)30(33)39)25-28(37)34(20-10-16-31(25,7-3)41-32)23-12-14-24(15-13-23)40-8-4/h10-17,22,25-27,36H,5-9,18-21H2,1-4H3/t22-,25+,26-,27?,31-,32-/m0/s1. The monoisotopic (exact) mass is 565 g/mol. The van der Waals surface area contributed by atoms with Crippen LogP contribution in [0.15, 0.2) is 48.6 Å². The molecule has 1 N–H and O–H groups in total. The Balaban J connectivity index is 1.62. The van der Waals surface area contributed by atoms with E-state index in [0.717, 1.165) is 12.8 Å². The number of carbonyl (C=O) groups is 3. The smallest absolute Gasteiger partial charge is 0.249 e. The van der Waals surface area contributed by atoms with Crippen molar-refractivity contribution in [3.05, 3.63) is 48.6 Å². The summed E-state index contributed by atoms with van der Waals surface area (Å²) in [5, 5.41) is 10.3. The number of amides is 3. The highest BCUT2D eigenvalue weighted by molar-refractivity contribution is 6.04. The van der Waals surface area contributed by atoms with Crippen molar-refractivity contribution in [2.45, 2.75) is 76.7 Å². The number of ether oxygens (including phenoxy) is 2. The summed E-state index contributed by atoms with van der Waals surface area (Å²) in [6, 6.07) is 5.87. The van der Waals surface area contributed by atoms with Crippen molar-refractivity contribution in [1.29, 1.82) is 0 Å². The second-order valence-electron chi connectivity index (χ2n) is 11.4. The molecular formula is C32H43N3O6. The number of fused-ring (bicyclic) bond motifs is 2. The number of nitrogens with zero attached hydrogens (tertiary/aromatic N) is 3. The molecule has 0 aromatic heterocycles. The quantitative estimate of drug-likeness (QED) is 0.437. The van der Waals surface area contributed by atoms with Gasteiger partial charge in [-0.1, -0.05) is 51.5 Å². The predicted octanol–water partition coefficient (Wildman–Crippen LogP) is 3.32. The minimum Gasteiger partial charge on any atom is -0.494 e. The fourth-order valence-electron chi connectivity index (χ4n) is 7.22. The Morgan fingerprint density at radius 2 is 1.71 bits per heavy atom. The van der Waals surface area contributed by atoms with Gasteiger partial charge in [-0.2, -0.15) is 0 Å². The van der Waals surface area contributed by atoms with Crippen LogP contribution in [0.2, 0.25) is 0 Å². The zero-order chi connectivity index (χ0) is 29.4. The van der Waals surface area contributed by atoms with E-state index in [1.807, 2.05) is 69.3 Å². The van der Waals surface area contributed by atoms with Gasteiger partial charge in [0.05, 0.1) is 36.7 Å². The summed E-state index contributed by atoms with van der Waals surface area (Å²) in [5.74, 6) is -1.72. The molecule has 5 rings (SSSR count). The van der Waals surface area contributed by atoms with Crippen molar-refractivity contribution in [3.63, 3.8) is 0 Å². The summed E-state index contributed by atoms with van der Waals surface area (Å²) in [6.07, 6.45) is 10.4. The lowest BCUT2D eigenvalue weighted by Crippen LogP contribution is -2.58. The maximum absolute atomic E-state index is 14.6. The summed E-state index contributed by atoms with van der Waals surface area (Å²) in [7, 11) is 0. The summed E-state index contributed by atoms with van der Waals surface area (Å²) in [6.45, 7) is 9.44. The Bertz CT molecular complexity index is 1210. The third kappa shape index (κ3) is 4.57. The highest BCUT2D eigenvalue weighted by Gasteiger charge is 2.75. The van der Waals surface area contributed by atoms with Crippen molar-refractivity contribution in [1.82, 2.24) is 9.80 Å². The van der Waals surface area contributed by atoms with Crippen LogP contribution in [0.4, 0.5) is 5.69 Å². The van der Waals surface area contributed by atoms with Crippen molar-refractivity contribution in [3.8, 4) is 5.75 Å². The van der Waals surface area contributed by atoms with Crippen LogP contribution in [-0.4, -0.2) is 88.8 Å². The Labute approximate surface area is 242 Å². The van der Waals surface area contributed by atoms with Crippen LogP contribution in [0.3, 0.4) is 0 Å². The van der Waals surface area contributed by atoms with Crippen LogP contribution in [-0.2, 0) is 19.1 Å². The van der Waals surface area contributed by atoms with Crippen LogP contribution in [0, 0.1) is 11.8 Å². The molecule has 1 unspecified atom stereocenters. The number of aliphatic hydroxyl groups is 1. The third-order valence-corrected chi connectivity index (χ3v) is 9.28. The number of anilines is 1. The van der Waals surface area contributed by atoms with Gasteiger partial charge in [0.2, 0.25) is 17.7 Å². The maximum Gasteiger partial charge on any atom is 0.249 e. The number of unbranched alkanes of at least 4 members (excludes halogenated alkanes) is 1. The molecule has 3 amide bonds. The Kier molecular flexibility index (Phi) is 8.30. The molecule has 4 heterocycles. The lowest BCUT2D eigenvalue weighted by Gasteiger charge is -2.40. The number of carbonyl (C=O) groups excluding carboxylic acids is 3. The van der Waals surface area contributed by atoms with Gasteiger partial charge in [-0.3, -0.25) is 14.4 Å². The molecule has 9 heteroatoms. The highest BCUT2D eigenvalue weighted by atomic mass is 16.5. The zero-order valence-corrected chi connectivity index (χ0v) is 24.6. The van der Waals surface area contributed by atoms with E-state index in [9.17, 15) is 19.5 Å². The minimum atomic E-state index is -1.32. The van der Waals surface area contributed by atoms with E-state index in [1.165, 1.54) is 0 Å². The molecule has 4 aliphatic heterocycles. The van der Waals surface area contributed by atoms with E-state index in [0.29, 0.717) is 50.5 Å². The van der Waals surface area contributed by atoms with Crippen molar-refractivity contribution in [2.75, 3.05) is 37.7 Å². The summed E-state index contributed by atoms with van der Waals surface area (Å²) < 4.78 is 12.6. The van der Waals surface area contributed by atoms with E-state index in [4.69, 9.17) is 9.47 Å². The molecule has 222 valence electrons. The van der Waals surface area contributed by atoms with Crippen LogP contribution in [0.1, 0.15) is 53.4 Å². The predicted molar refractivity (Wildman–Crippen MR) is 155 cm³/mol. The molecule has 1 aromatic rings. The highest BCUT2D eigenvalue weighted by Crippen LogP contribution is 2.59. The molecule has 41 heavy (non-hydrogen) atoms. The molecule has 0 bridgehead atoms. The summed E-state index contributed by atoms with van der Waals surface area (Å²) >= 11 is 0. The van der Waals surface area contributed by atoms with Gasteiger partial charge >= 0.3 is 0 Å². The van der Waals surface area contributed by atoms with Gasteiger partial charge in [-0.15, -0.1) is 0 Å². The lowest BCUT2D eigenvalue weighted by atomic mass is 9.73. The number of hydrogen-bond acceptors (Lipinski definition) is 6. The van der Waals surface area contributed by atoms with Gasteiger partial charge in [0.25, 0.3) is 0 Å². The van der Waals surface area contributed by atoms with E-state index < -0.39 is 35.1 Å². The van der Waals surface area contributed by atoms with E-state index in [2.05, 4.69) is 6.92 Å². The first kappa shape index (κ1) is 29.3. The third-order valence-electron chi connectivity index (χ3n) is 9.28. The number of aliphatic hydroxyl groups excluding tert-OH is 1. The second kappa shape index (κ2) is 11.6. The van der Waals surface area contributed by atoms with E-state index >= 15 is 0 Å². The first-order chi connectivity index (χ1) is 19.8. The minimum absolute atomic E-state index is 0.186. The fraction of sp³-hybridized carbons (Fsp3) is 0.594. The maximum atomic E-state index is 14.6. The molecule has 9 nitrogen and oxygen atoms in total. The van der Waals surface area contributed by atoms with Gasteiger partial charge in [-0.25, -0.2) is 0 Å². The Morgan fingerprint density at radius 1 is 0.976 bits per heavy atom. The van der Waals surface area contributed by atoms with Crippen LogP contribution in [0.5, 0.6) is 5.75 Å². The van der Waals surface area contributed by atoms with Gasteiger partial charge < -0.3 is 29.3 Å². The zero-order valence-electron chi connectivity index (χ0n) is 24.6. The normalized spacial score (nSPS) is 31.6. The average Bonchev–Trinajstić information content (AvgIpc) is 3.27. The van der Waals surface area contributed by atoms with Crippen molar-refractivity contribution >= 4 is 23.4 Å². The van der Waals surface area contributed by atoms with Gasteiger partial charge in [0.15, 0.2) is 0 Å². The molecule has 0 radical (unpaired) electrons. The SMILES string of the molecule is CCCCN1CC=C[C@]23O[C@@]4(CC)C=CCN(c5ccc(OCC)cc5)C(=O)[C@H]4[C@H]2C(=O)N([C@@H](CC)CO)C3C1=O. The first-order valence-corrected chi connectivity index (χ1v) is 15.1. The van der Waals surface area contributed by atoms with Crippen molar-refractivity contribution < 1.29 is 29.0 Å². The largest absolute Gasteiger partial charge is 0.494 e. The molecule has 2 saturated heterocycles. The van der Waals surface area contributed by atoms with Gasteiger partial charge in [0, 0.05) is 25.3 Å². The molecule has 6 atom stereocenters. The van der Waals surface area contributed by atoms with Crippen LogP contribution >= 0.6 is 0 Å². The molecule has 4 aliphatic rings. The molecule has 2 fully saturated rings. The fourth-order valence-corrected chi connectivity index (χ4v) is 7.22. The summed E-state index contributed by atoms with van der Waals surface area (Å²) in [4.78, 5) is 48.4. The molecule has 1 spiro atoms. The van der Waals surface area contributed by atoms with E-state index in [1.54, 1.807) is 14.7 Å². The Morgan fingerprint density at radius 3 is 2.34 bits per heavy atom. The van der Waals surface area contributed by atoms with E-state index in [-0.39, 0.29) is 24.3 Å². The van der Waals surface area contributed by atoms with Gasteiger partial charge in [-0.05, 0) is 50.5 Å². The first-order valence-electron chi connectivity index (χ1n) is 15.1. The van der Waals surface area contributed by atoms with Crippen LogP contribution < -0.4 is 9.64 Å². The number of benzene rings is 1. The number of likely N-dealkylation sites (tertiary alicyclic amines) is 1. The van der Waals surface area contributed by atoms with Crippen molar-refractivity contribution in [2.24, 2.45) is 11.8 Å². The molecule has 0 saturated carbocycles. The average molecular weight is 566 g/mol. The molecule has 1 aromatic carbocycles. The molecular weight excluding hydrogens is 522 g/mol. The topological polar surface area (TPSA) is 99.6 Å². The second-order valence-corrected chi connectivity index (χ2v) is 11.4. The number of hydrogen-bond donors (Lipinski definition) is 1. The molecule has 0 aliphatic carbocycles.